The number of aromatic nitrogens is 3. The first-order valence-corrected chi connectivity index (χ1v) is 10.7. The van der Waals surface area contributed by atoms with Crippen LogP contribution in [0.15, 0.2) is 55.0 Å². The van der Waals surface area contributed by atoms with Gasteiger partial charge in [0.05, 0.1) is 5.52 Å². The van der Waals surface area contributed by atoms with Gasteiger partial charge in [-0.05, 0) is 67.8 Å². The Labute approximate surface area is 175 Å². The minimum Gasteiger partial charge on any atom is -0.361 e. The largest absolute Gasteiger partial charge is 0.361 e. The van der Waals surface area contributed by atoms with Crippen molar-refractivity contribution in [3.63, 3.8) is 0 Å². The lowest BCUT2D eigenvalue weighted by molar-refractivity contribution is 0.252. The van der Waals surface area contributed by atoms with E-state index < -0.39 is 0 Å². The van der Waals surface area contributed by atoms with Gasteiger partial charge in [0.25, 0.3) is 0 Å². The summed E-state index contributed by atoms with van der Waals surface area (Å²) in [4.78, 5) is 17.2. The fourth-order valence-electron chi connectivity index (χ4n) is 4.43. The standard InChI is InChI=1S/C24H26FN5/c25-19-6-7-22-21(16-19)18(17-28-22)4-1-2-11-29-12-14-30(15-13-29)24-20-5-3-9-26-23(20)8-10-27-24/h3,5-10,16-17,28H,1-2,4,11-15H2. The van der Waals surface area contributed by atoms with E-state index in [1.54, 1.807) is 6.07 Å². The van der Waals surface area contributed by atoms with Gasteiger partial charge in [0.2, 0.25) is 0 Å². The summed E-state index contributed by atoms with van der Waals surface area (Å²) in [5.74, 6) is 0.879. The highest BCUT2D eigenvalue weighted by molar-refractivity contribution is 5.89. The Morgan fingerprint density at radius 3 is 2.73 bits per heavy atom. The van der Waals surface area contributed by atoms with Gasteiger partial charge in [0.1, 0.15) is 11.6 Å². The Hall–Kier alpha value is -2.99. The van der Waals surface area contributed by atoms with Gasteiger partial charge in [-0.2, -0.15) is 0 Å². The van der Waals surface area contributed by atoms with Gasteiger partial charge in [-0.25, -0.2) is 9.37 Å². The van der Waals surface area contributed by atoms with Crippen LogP contribution in [0.2, 0.25) is 0 Å². The third-order valence-electron chi connectivity index (χ3n) is 6.08. The Balaban J connectivity index is 1.12. The van der Waals surface area contributed by atoms with Crippen molar-refractivity contribution in [1.29, 1.82) is 0 Å². The van der Waals surface area contributed by atoms with Gasteiger partial charge in [0.15, 0.2) is 0 Å². The minimum absolute atomic E-state index is 0.169. The second kappa shape index (κ2) is 8.40. The third kappa shape index (κ3) is 3.87. The van der Waals surface area contributed by atoms with Crippen molar-refractivity contribution in [2.75, 3.05) is 37.6 Å². The zero-order valence-electron chi connectivity index (χ0n) is 17.0. The quantitative estimate of drug-likeness (QED) is 0.485. The van der Waals surface area contributed by atoms with Gasteiger partial charge in [-0.15, -0.1) is 0 Å². The van der Waals surface area contributed by atoms with Crippen molar-refractivity contribution < 1.29 is 4.39 Å². The Kier molecular flexibility index (Phi) is 5.32. The van der Waals surface area contributed by atoms with Gasteiger partial charge in [-0.1, -0.05) is 0 Å². The molecule has 5 nitrogen and oxygen atoms in total. The van der Waals surface area contributed by atoms with E-state index in [1.807, 2.05) is 36.8 Å². The van der Waals surface area contributed by atoms with Crippen LogP contribution in [0, 0.1) is 5.82 Å². The van der Waals surface area contributed by atoms with Crippen LogP contribution in [0.5, 0.6) is 0 Å². The number of piperazine rings is 1. The SMILES string of the molecule is Fc1ccc2[nH]cc(CCCCN3CCN(c4nccc5ncccc45)CC3)c2c1. The summed E-state index contributed by atoms with van der Waals surface area (Å²) < 4.78 is 13.5. The first-order chi connectivity index (χ1) is 14.8. The van der Waals surface area contributed by atoms with Crippen molar-refractivity contribution in [1.82, 2.24) is 19.9 Å². The number of pyridine rings is 2. The molecule has 0 bridgehead atoms. The number of halogens is 1. The highest BCUT2D eigenvalue weighted by Gasteiger charge is 2.19. The molecule has 1 saturated heterocycles. The lowest BCUT2D eigenvalue weighted by Gasteiger charge is -2.35. The first-order valence-electron chi connectivity index (χ1n) is 10.7. The second-order valence-electron chi connectivity index (χ2n) is 7.99. The molecule has 4 aromatic rings. The number of aryl methyl sites for hydroxylation is 1. The summed E-state index contributed by atoms with van der Waals surface area (Å²) >= 11 is 0. The fourth-order valence-corrected chi connectivity index (χ4v) is 4.43. The summed E-state index contributed by atoms with van der Waals surface area (Å²) in [7, 11) is 0. The van der Waals surface area contributed by atoms with Gasteiger partial charge >= 0.3 is 0 Å². The number of fused-ring (bicyclic) bond motifs is 2. The molecule has 0 radical (unpaired) electrons. The number of hydrogen-bond acceptors (Lipinski definition) is 4. The molecule has 5 rings (SSSR count). The van der Waals surface area contributed by atoms with E-state index in [0.29, 0.717) is 0 Å². The highest BCUT2D eigenvalue weighted by atomic mass is 19.1. The number of H-pyrrole nitrogens is 1. The molecule has 6 heteroatoms. The molecule has 0 spiro atoms. The van der Waals surface area contributed by atoms with E-state index in [2.05, 4.69) is 30.8 Å². The van der Waals surface area contributed by atoms with E-state index in [9.17, 15) is 4.39 Å². The van der Waals surface area contributed by atoms with Crippen molar-refractivity contribution in [3.8, 4) is 0 Å². The molecule has 154 valence electrons. The zero-order valence-corrected chi connectivity index (χ0v) is 17.0. The lowest BCUT2D eigenvalue weighted by atomic mass is 10.1. The molecule has 0 saturated carbocycles. The van der Waals surface area contributed by atoms with Crippen LogP contribution >= 0.6 is 0 Å². The summed E-state index contributed by atoms with van der Waals surface area (Å²) in [5.41, 5.74) is 3.23. The second-order valence-corrected chi connectivity index (χ2v) is 7.99. The van der Waals surface area contributed by atoms with E-state index in [0.717, 1.165) is 79.6 Å². The highest BCUT2D eigenvalue weighted by Crippen LogP contribution is 2.24. The number of nitrogens with one attached hydrogen (secondary N) is 1. The molecule has 4 heterocycles. The van der Waals surface area contributed by atoms with Crippen molar-refractivity contribution in [2.24, 2.45) is 0 Å². The Bertz CT molecular complexity index is 1140. The third-order valence-corrected chi connectivity index (χ3v) is 6.08. The molecule has 0 atom stereocenters. The average Bonchev–Trinajstić information content (AvgIpc) is 3.19. The number of aromatic amines is 1. The molecule has 3 aromatic heterocycles. The topological polar surface area (TPSA) is 48.1 Å². The van der Waals surface area contributed by atoms with Crippen LogP contribution in [0.1, 0.15) is 18.4 Å². The average molecular weight is 404 g/mol. The number of anilines is 1. The molecule has 1 aliphatic heterocycles. The van der Waals surface area contributed by atoms with Crippen LogP contribution in [0.25, 0.3) is 21.8 Å². The summed E-state index contributed by atoms with van der Waals surface area (Å²) in [6, 6.07) is 11.0. The number of rotatable bonds is 6. The lowest BCUT2D eigenvalue weighted by Crippen LogP contribution is -2.47. The molecular formula is C24H26FN5. The molecule has 1 aromatic carbocycles. The molecule has 0 unspecified atom stereocenters. The zero-order chi connectivity index (χ0) is 20.3. The summed E-state index contributed by atoms with van der Waals surface area (Å²) in [6.45, 7) is 5.19. The normalized spacial score (nSPS) is 15.3. The van der Waals surface area contributed by atoms with Crippen LogP contribution in [-0.4, -0.2) is 52.6 Å². The number of hydrogen-bond donors (Lipinski definition) is 1. The summed E-state index contributed by atoms with van der Waals surface area (Å²) in [6.07, 6.45) is 8.95. The maximum Gasteiger partial charge on any atom is 0.138 e. The smallest absolute Gasteiger partial charge is 0.138 e. The Morgan fingerprint density at radius 2 is 1.83 bits per heavy atom. The van der Waals surface area contributed by atoms with Crippen LogP contribution in [0.3, 0.4) is 0 Å². The van der Waals surface area contributed by atoms with Crippen LogP contribution in [-0.2, 0) is 6.42 Å². The van der Waals surface area contributed by atoms with Gasteiger partial charge < -0.3 is 9.88 Å². The van der Waals surface area contributed by atoms with Crippen LogP contribution < -0.4 is 4.90 Å². The molecular weight excluding hydrogens is 377 g/mol. The first kappa shape index (κ1) is 19.0. The van der Waals surface area contributed by atoms with E-state index >= 15 is 0 Å². The van der Waals surface area contributed by atoms with Gasteiger partial charge in [0, 0.05) is 61.1 Å². The molecule has 0 amide bonds. The van der Waals surface area contributed by atoms with Crippen molar-refractivity contribution in [3.05, 3.63) is 66.4 Å². The molecule has 30 heavy (non-hydrogen) atoms. The number of benzene rings is 1. The predicted octanol–water partition coefficient (Wildman–Crippen LogP) is 4.40. The summed E-state index contributed by atoms with van der Waals surface area (Å²) in [5, 5.41) is 2.14. The Morgan fingerprint density at radius 1 is 0.933 bits per heavy atom. The van der Waals surface area contributed by atoms with Gasteiger partial charge in [-0.3, -0.25) is 9.88 Å². The monoisotopic (exact) mass is 403 g/mol. The van der Waals surface area contributed by atoms with E-state index in [-0.39, 0.29) is 5.82 Å². The molecule has 1 N–H and O–H groups in total. The van der Waals surface area contributed by atoms with E-state index in [4.69, 9.17) is 0 Å². The fraction of sp³-hybridized carbons (Fsp3) is 0.333. The molecule has 1 fully saturated rings. The van der Waals surface area contributed by atoms with Crippen molar-refractivity contribution >= 4 is 27.6 Å². The molecule has 1 aliphatic rings. The molecule has 0 aliphatic carbocycles. The van der Waals surface area contributed by atoms with E-state index in [1.165, 1.54) is 11.6 Å². The van der Waals surface area contributed by atoms with Crippen molar-refractivity contribution in [2.45, 2.75) is 19.3 Å². The van der Waals surface area contributed by atoms with Crippen LogP contribution in [0.4, 0.5) is 10.2 Å². The minimum atomic E-state index is -0.169. The maximum absolute atomic E-state index is 13.5. The number of nitrogens with zero attached hydrogens (tertiary/aromatic N) is 4. The maximum atomic E-state index is 13.5. The number of unbranched alkanes of at least 4 members (excludes halogenated alkanes) is 1. The predicted molar refractivity (Wildman–Crippen MR) is 119 cm³/mol.